The number of nitrogens with one attached hydrogen (secondary N) is 1. The van der Waals surface area contributed by atoms with Gasteiger partial charge in [0.2, 0.25) is 10.0 Å². The van der Waals surface area contributed by atoms with E-state index in [1.807, 2.05) is 13.8 Å². The van der Waals surface area contributed by atoms with E-state index in [-0.39, 0.29) is 4.90 Å². The number of hydrogen-bond acceptors (Lipinski definition) is 6. The van der Waals surface area contributed by atoms with E-state index in [1.54, 1.807) is 30.6 Å². The highest BCUT2D eigenvalue weighted by molar-refractivity contribution is 7.89. The molecule has 0 spiro atoms. The Balaban J connectivity index is 1.62. The van der Waals surface area contributed by atoms with Crippen molar-refractivity contribution in [2.45, 2.75) is 51.0 Å². The van der Waals surface area contributed by atoms with Gasteiger partial charge in [-0.1, -0.05) is 20.3 Å². The Kier molecular flexibility index (Phi) is 5.51. The Bertz CT molecular complexity index is 1100. The fourth-order valence-electron chi connectivity index (χ4n) is 3.79. The highest BCUT2D eigenvalue weighted by Crippen LogP contribution is 2.27. The van der Waals surface area contributed by atoms with E-state index >= 15 is 0 Å². The Labute approximate surface area is 171 Å². The van der Waals surface area contributed by atoms with Crippen LogP contribution in [0.15, 0.2) is 35.5 Å². The molecule has 0 bridgehead atoms. The van der Waals surface area contributed by atoms with Crippen LogP contribution < -0.4 is 5.32 Å². The first kappa shape index (κ1) is 19.8. The summed E-state index contributed by atoms with van der Waals surface area (Å²) in [7, 11) is -3.47. The first-order chi connectivity index (χ1) is 14.0. The van der Waals surface area contributed by atoms with E-state index in [0.29, 0.717) is 18.9 Å². The number of anilines is 2. The van der Waals surface area contributed by atoms with Crippen LogP contribution in [0.25, 0.3) is 11.2 Å². The molecule has 1 N–H and O–H groups in total. The normalized spacial score (nSPS) is 14.7. The number of nitrogens with zero attached hydrogens (tertiary/aromatic N) is 5. The van der Waals surface area contributed by atoms with Gasteiger partial charge in [0.1, 0.15) is 12.2 Å². The molecule has 0 amide bonds. The maximum absolute atomic E-state index is 12.7. The van der Waals surface area contributed by atoms with Crippen LogP contribution in [-0.4, -0.2) is 45.3 Å². The van der Waals surface area contributed by atoms with E-state index < -0.39 is 10.0 Å². The molecule has 29 heavy (non-hydrogen) atoms. The molecule has 9 heteroatoms. The van der Waals surface area contributed by atoms with Crippen molar-refractivity contribution in [3.8, 4) is 0 Å². The van der Waals surface area contributed by atoms with Crippen LogP contribution in [0.2, 0.25) is 0 Å². The summed E-state index contributed by atoms with van der Waals surface area (Å²) in [5.74, 6) is 1.69. The van der Waals surface area contributed by atoms with Gasteiger partial charge in [-0.05, 0) is 37.1 Å². The monoisotopic (exact) mass is 414 g/mol. The average Bonchev–Trinajstić information content (AvgIpc) is 2.91. The van der Waals surface area contributed by atoms with E-state index in [4.69, 9.17) is 4.98 Å². The Morgan fingerprint density at radius 3 is 2.55 bits per heavy atom. The summed E-state index contributed by atoms with van der Waals surface area (Å²) in [6.45, 7) is 5.50. The number of imidazole rings is 1. The molecule has 154 valence electrons. The number of aryl methyl sites for hydroxylation is 2. The van der Waals surface area contributed by atoms with Gasteiger partial charge in [-0.2, -0.15) is 4.31 Å². The first-order valence-electron chi connectivity index (χ1n) is 10.1. The predicted molar refractivity (Wildman–Crippen MR) is 113 cm³/mol. The van der Waals surface area contributed by atoms with Crippen LogP contribution in [0.4, 0.5) is 11.5 Å². The Morgan fingerprint density at radius 2 is 1.83 bits per heavy atom. The van der Waals surface area contributed by atoms with Crippen LogP contribution in [0.5, 0.6) is 0 Å². The fourth-order valence-corrected chi connectivity index (χ4v) is 5.25. The second-order valence-electron chi connectivity index (χ2n) is 7.12. The Hall–Kier alpha value is -2.52. The van der Waals surface area contributed by atoms with Crippen molar-refractivity contribution in [3.05, 3.63) is 36.4 Å². The summed E-state index contributed by atoms with van der Waals surface area (Å²) < 4.78 is 28.9. The van der Waals surface area contributed by atoms with Crippen molar-refractivity contribution in [3.63, 3.8) is 0 Å². The van der Waals surface area contributed by atoms with E-state index in [0.717, 1.165) is 48.5 Å². The number of hydrogen-bond donors (Lipinski definition) is 1. The molecule has 0 radical (unpaired) electrons. The fraction of sp³-hybridized carbons (Fsp3) is 0.450. The average molecular weight is 415 g/mol. The van der Waals surface area contributed by atoms with Gasteiger partial charge in [-0.15, -0.1) is 0 Å². The highest BCUT2D eigenvalue weighted by atomic mass is 32.2. The summed E-state index contributed by atoms with van der Waals surface area (Å²) in [5.41, 5.74) is 2.36. The van der Waals surface area contributed by atoms with Gasteiger partial charge >= 0.3 is 0 Å². The molecule has 0 aliphatic carbocycles. The zero-order chi connectivity index (χ0) is 20.4. The minimum atomic E-state index is -3.47. The topological polar surface area (TPSA) is 93.0 Å². The molecule has 1 aliphatic heterocycles. The van der Waals surface area contributed by atoms with Crippen molar-refractivity contribution < 1.29 is 8.42 Å². The third-order valence-electron chi connectivity index (χ3n) is 5.35. The highest BCUT2D eigenvalue weighted by Gasteiger charge is 2.21. The van der Waals surface area contributed by atoms with E-state index in [9.17, 15) is 8.42 Å². The molecule has 0 fully saturated rings. The zero-order valence-electron chi connectivity index (χ0n) is 16.8. The molecule has 1 aromatic carbocycles. The lowest BCUT2D eigenvalue weighted by atomic mass is 10.2. The van der Waals surface area contributed by atoms with E-state index in [1.165, 1.54) is 10.7 Å². The third kappa shape index (κ3) is 3.72. The molecule has 3 aromatic rings. The van der Waals surface area contributed by atoms with Gasteiger partial charge in [0.15, 0.2) is 17.0 Å². The largest absolute Gasteiger partial charge is 0.338 e. The predicted octanol–water partition coefficient (Wildman–Crippen LogP) is 3.33. The quantitative estimate of drug-likeness (QED) is 0.665. The molecule has 8 nitrogen and oxygen atoms in total. The molecule has 0 unspecified atom stereocenters. The number of sulfonamides is 1. The summed E-state index contributed by atoms with van der Waals surface area (Å²) in [6, 6.07) is 6.75. The molecule has 0 saturated carbocycles. The SMILES string of the molecule is CCN(CC)S(=O)(=O)c1ccc(Nc2ncnc3c2nc2n3CCCCC2)cc1. The maximum atomic E-state index is 12.7. The molecule has 2 aromatic heterocycles. The Morgan fingerprint density at radius 1 is 1.07 bits per heavy atom. The lowest BCUT2D eigenvalue weighted by Crippen LogP contribution is -2.30. The molecular formula is C20H26N6O2S. The summed E-state index contributed by atoms with van der Waals surface area (Å²) >= 11 is 0. The second-order valence-corrected chi connectivity index (χ2v) is 9.06. The van der Waals surface area contributed by atoms with Crippen molar-refractivity contribution >= 4 is 32.7 Å². The van der Waals surface area contributed by atoms with Crippen molar-refractivity contribution in [2.24, 2.45) is 0 Å². The van der Waals surface area contributed by atoms with Gasteiger partial charge < -0.3 is 9.88 Å². The minimum absolute atomic E-state index is 0.285. The van der Waals surface area contributed by atoms with Crippen LogP contribution >= 0.6 is 0 Å². The summed E-state index contributed by atoms with van der Waals surface area (Å²) in [5, 5.41) is 3.27. The van der Waals surface area contributed by atoms with E-state index in [2.05, 4.69) is 19.9 Å². The second kappa shape index (κ2) is 8.08. The van der Waals surface area contributed by atoms with Gasteiger partial charge in [-0.3, -0.25) is 0 Å². The number of benzene rings is 1. The molecule has 1 aliphatic rings. The van der Waals surface area contributed by atoms with Crippen molar-refractivity contribution in [1.29, 1.82) is 0 Å². The lowest BCUT2D eigenvalue weighted by molar-refractivity contribution is 0.445. The maximum Gasteiger partial charge on any atom is 0.243 e. The smallest absolute Gasteiger partial charge is 0.243 e. The first-order valence-corrected chi connectivity index (χ1v) is 11.6. The molecule has 0 saturated heterocycles. The standard InChI is InChI=1S/C20H26N6O2S/c1-3-25(4-2)29(27,28)16-11-9-15(10-12-16)23-19-18-20(22-14-21-19)26-13-7-5-6-8-17(26)24-18/h9-12,14H,3-8,13H2,1-2H3,(H,21,22,23). The van der Waals surface area contributed by atoms with Crippen molar-refractivity contribution in [1.82, 2.24) is 23.8 Å². The number of aromatic nitrogens is 4. The lowest BCUT2D eigenvalue weighted by Gasteiger charge is -2.18. The third-order valence-corrected chi connectivity index (χ3v) is 7.42. The summed E-state index contributed by atoms with van der Waals surface area (Å²) in [6.07, 6.45) is 5.98. The van der Waals surface area contributed by atoms with Gasteiger partial charge in [-0.25, -0.2) is 23.4 Å². The van der Waals surface area contributed by atoms with Crippen LogP contribution in [-0.2, 0) is 23.0 Å². The van der Waals surface area contributed by atoms with Gasteiger partial charge in [0.25, 0.3) is 0 Å². The number of fused-ring (bicyclic) bond motifs is 3. The van der Waals surface area contributed by atoms with Crippen LogP contribution in [0.3, 0.4) is 0 Å². The zero-order valence-corrected chi connectivity index (χ0v) is 17.6. The number of rotatable bonds is 6. The van der Waals surface area contributed by atoms with Gasteiger partial charge in [0, 0.05) is 31.7 Å². The van der Waals surface area contributed by atoms with Crippen LogP contribution in [0.1, 0.15) is 38.9 Å². The molecule has 4 rings (SSSR count). The molecule has 3 heterocycles. The molecule has 0 atom stereocenters. The van der Waals surface area contributed by atoms with Crippen molar-refractivity contribution in [2.75, 3.05) is 18.4 Å². The minimum Gasteiger partial charge on any atom is -0.338 e. The summed E-state index contributed by atoms with van der Waals surface area (Å²) in [4.78, 5) is 13.9. The van der Waals surface area contributed by atoms with Gasteiger partial charge in [0.05, 0.1) is 4.90 Å². The molecular weight excluding hydrogens is 388 g/mol. The van der Waals surface area contributed by atoms with Crippen LogP contribution in [0, 0.1) is 0 Å².